The van der Waals surface area contributed by atoms with Gasteiger partial charge in [-0.15, -0.1) is 0 Å². The summed E-state index contributed by atoms with van der Waals surface area (Å²) in [7, 11) is 0. The van der Waals surface area contributed by atoms with Gasteiger partial charge in [0.05, 0.1) is 13.3 Å². The van der Waals surface area contributed by atoms with Crippen LogP contribution in [0.25, 0.3) is 0 Å². The molecule has 0 aliphatic carbocycles. The molecule has 10 nitrogen and oxygen atoms in total. The van der Waals surface area contributed by atoms with Crippen molar-refractivity contribution in [1.29, 1.82) is 0 Å². The lowest BCUT2D eigenvalue weighted by molar-refractivity contribution is 0.0619. The molecule has 0 bridgehead atoms. The van der Waals surface area contributed by atoms with E-state index in [1.807, 2.05) is 55.4 Å². The molecule has 0 N–H and O–H groups in total. The van der Waals surface area contributed by atoms with Crippen LogP contribution in [0, 0.1) is 23.7 Å². The van der Waals surface area contributed by atoms with Crippen LogP contribution in [0.1, 0.15) is 61.8 Å². The van der Waals surface area contributed by atoms with Crippen LogP contribution in [0.15, 0.2) is 0 Å². The summed E-state index contributed by atoms with van der Waals surface area (Å²) in [6.07, 6.45) is 0.338. The first-order chi connectivity index (χ1) is 16.3. The number of rotatable bonds is 12. The van der Waals surface area contributed by atoms with Crippen LogP contribution in [0.3, 0.4) is 0 Å². The van der Waals surface area contributed by atoms with Crippen molar-refractivity contribution in [1.82, 2.24) is 29.4 Å². The van der Waals surface area contributed by atoms with Gasteiger partial charge in [-0.3, -0.25) is 0 Å². The van der Waals surface area contributed by atoms with Crippen molar-refractivity contribution in [3.8, 4) is 0 Å². The van der Waals surface area contributed by atoms with Crippen molar-refractivity contribution in [2.75, 3.05) is 52.6 Å². The summed E-state index contributed by atoms with van der Waals surface area (Å²) in [5.41, 5.74) is 0. The first-order valence-corrected chi connectivity index (χ1v) is 13.0. The Balaban J connectivity index is 2.12. The SMILES string of the molecule is CC(C)CN1CN(CC(C)C)C(=O)N(CCCN2C(=O)N(CC(C)C)CN(CC(C)C)C2=O)C1=O. The van der Waals surface area contributed by atoms with Crippen molar-refractivity contribution < 1.29 is 19.2 Å². The fraction of sp³-hybridized carbons (Fsp3) is 0.840. The minimum Gasteiger partial charge on any atom is -0.306 e. The standard InChI is InChI=1S/C25H46N6O4/c1-18(2)12-26-16-27(13-19(3)4)23(33)30(22(26)32)10-9-11-31-24(34)28(14-20(5)6)17-29(25(31)35)15-21(7)8/h18-21H,9-17H2,1-8H3. The number of urea groups is 4. The lowest BCUT2D eigenvalue weighted by Gasteiger charge is -2.43. The van der Waals surface area contributed by atoms with Crippen LogP contribution in [0.4, 0.5) is 19.2 Å². The highest BCUT2D eigenvalue weighted by Crippen LogP contribution is 2.19. The smallest absolute Gasteiger partial charge is 0.306 e. The molecule has 0 aromatic heterocycles. The predicted molar refractivity (Wildman–Crippen MR) is 136 cm³/mol. The predicted octanol–water partition coefficient (Wildman–Crippen LogP) is 4.23. The largest absolute Gasteiger partial charge is 0.329 e. The number of carbonyl (C=O) groups is 4. The Morgan fingerprint density at radius 1 is 0.486 bits per heavy atom. The average Bonchev–Trinajstić information content (AvgIpc) is 2.72. The Labute approximate surface area is 211 Å². The topological polar surface area (TPSA) is 87.7 Å². The molecule has 2 rings (SSSR count). The molecule has 0 atom stereocenters. The molecule has 2 heterocycles. The van der Waals surface area contributed by atoms with Crippen LogP contribution in [0.5, 0.6) is 0 Å². The minimum atomic E-state index is -0.303. The molecule has 2 aliphatic rings. The summed E-state index contributed by atoms with van der Waals surface area (Å²) in [4.78, 5) is 61.8. The molecule has 0 radical (unpaired) electrons. The van der Waals surface area contributed by atoms with E-state index in [0.717, 1.165) is 0 Å². The van der Waals surface area contributed by atoms with Crippen LogP contribution in [0.2, 0.25) is 0 Å². The van der Waals surface area contributed by atoms with E-state index in [1.54, 1.807) is 19.6 Å². The molecular weight excluding hydrogens is 448 g/mol. The summed E-state index contributed by atoms with van der Waals surface area (Å²) < 4.78 is 0. The van der Waals surface area contributed by atoms with E-state index in [1.165, 1.54) is 9.80 Å². The first-order valence-electron chi connectivity index (χ1n) is 13.0. The fourth-order valence-electron chi connectivity index (χ4n) is 4.58. The van der Waals surface area contributed by atoms with Crippen LogP contribution >= 0.6 is 0 Å². The third-order valence-corrected chi connectivity index (χ3v) is 5.79. The number of amides is 8. The van der Waals surface area contributed by atoms with Crippen molar-refractivity contribution in [2.45, 2.75) is 61.8 Å². The molecule has 35 heavy (non-hydrogen) atoms. The summed E-state index contributed by atoms with van der Waals surface area (Å²) >= 11 is 0. The number of hydrogen-bond acceptors (Lipinski definition) is 4. The Hall–Kier alpha value is -2.52. The normalized spacial score (nSPS) is 18.1. The third-order valence-electron chi connectivity index (χ3n) is 5.79. The maximum atomic E-state index is 13.1. The zero-order valence-corrected chi connectivity index (χ0v) is 23.0. The second-order valence-electron chi connectivity index (χ2n) is 11.5. The van der Waals surface area contributed by atoms with Crippen molar-refractivity contribution in [2.24, 2.45) is 23.7 Å². The second-order valence-corrected chi connectivity index (χ2v) is 11.5. The van der Waals surface area contributed by atoms with Crippen LogP contribution < -0.4 is 0 Å². The molecule has 10 heteroatoms. The van der Waals surface area contributed by atoms with E-state index in [4.69, 9.17) is 0 Å². The zero-order chi connectivity index (χ0) is 26.4. The van der Waals surface area contributed by atoms with Gasteiger partial charge < -0.3 is 19.6 Å². The average molecular weight is 495 g/mol. The van der Waals surface area contributed by atoms with Gasteiger partial charge in [-0.05, 0) is 30.1 Å². The van der Waals surface area contributed by atoms with Gasteiger partial charge in [0.15, 0.2) is 0 Å². The van der Waals surface area contributed by atoms with Gasteiger partial charge in [-0.1, -0.05) is 55.4 Å². The summed E-state index contributed by atoms with van der Waals surface area (Å²) in [5.74, 6) is 1.10. The first kappa shape index (κ1) is 28.7. The van der Waals surface area contributed by atoms with Crippen molar-refractivity contribution >= 4 is 24.1 Å². The summed E-state index contributed by atoms with van der Waals surface area (Å²) in [6, 6.07) is -1.21. The third kappa shape index (κ3) is 7.73. The lowest BCUT2D eigenvalue weighted by atomic mass is 10.2. The van der Waals surface area contributed by atoms with Crippen LogP contribution in [-0.2, 0) is 0 Å². The van der Waals surface area contributed by atoms with Crippen molar-refractivity contribution in [3.05, 3.63) is 0 Å². The quantitative estimate of drug-likeness (QED) is 0.406. The number of carbonyl (C=O) groups excluding carboxylic acids is 4. The van der Waals surface area contributed by atoms with Gasteiger partial charge >= 0.3 is 24.1 Å². The molecule has 2 fully saturated rings. The monoisotopic (exact) mass is 494 g/mol. The van der Waals surface area contributed by atoms with Gasteiger partial charge in [-0.2, -0.15) is 0 Å². The van der Waals surface area contributed by atoms with Gasteiger partial charge in [0.25, 0.3) is 0 Å². The van der Waals surface area contributed by atoms with E-state index in [-0.39, 0.29) is 60.9 Å². The van der Waals surface area contributed by atoms with E-state index in [0.29, 0.717) is 45.9 Å². The molecule has 2 saturated heterocycles. The molecule has 0 unspecified atom stereocenters. The van der Waals surface area contributed by atoms with Gasteiger partial charge in [0.2, 0.25) is 0 Å². The number of hydrogen-bond donors (Lipinski definition) is 0. The highest BCUT2D eigenvalue weighted by molar-refractivity contribution is 5.96. The fourth-order valence-corrected chi connectivity index (χ4v) is 4.58. The zero-order valence-electron chi connectivity index (χ0n) is 23.0. The van der Waals surface area contributed by atoms with Gasteiger partial charge in [0, 0.05) is 39.3 Å². The molecule has 0 spiro atoms. The van der Waals surface area contributed by atoms with Crippen LogP contribution in [-0.4, -0.2) is 106 Å². The molecule has 0 saturated carbocycles. The van der Waals surface area contributed by atoms with Gasteiger partial charge in [-0.25, -0.2) is 29.0 Å². The van der Waals surface area contributed by atoms with E-state index in [2.05, 4.69) is 0 Å². The summed E-state index contributed by atoms with van der Waals surface area (Å²) in [5, 5.41) is 0. The van der Waals surface area contributed by atoms with E-state index >= 15 is 0 Å². The minimum absolute atomic E-state index is 0.159. The number of imide groups is 2. The summed E-state index contributed by atoms with van der Waals surface area (Å²) in [6.45, 7) is 19.5. The lowest BCUT2D eigenvalue weighted by Crippen LogP contribution is -2.63. The molecular formula is C25H46N6O4. The van der Waals surface area contributed by atoms with Crippen molar-refractivity contribution in [3.63, 3.8) is 0 Å². The molecule has 0 aromatic carbocycles. The molecule has 2 aliphatic heterocycles. The van der Waals surface area contributed by atoms with Gasteiger partial charge in [0.1, 0.15) is 0 Å². The highest BCUT2D eigenvalue weighted by atomic mass is 16.2. The maximum absolute atomic E-state index is 13.1. The Morgan fingerprint density at radius 2 is 0.714 bits per heavy atom. The molecule has 8 amide bonds. The number of nitrogens with zero attached hydrogens (tertiary/aromatic N) is 6. The maximum Gasteiger partial charge on any atom is 0.329 e. The van der Waals surface area contributed by atoms with E-state index in [9.17, 15) is 19.2 Å². The second kappa shape index (κ2) is 12.4. The molecule has 0 aromatic rings. The van der Waals surface area contributed by atoms with E-state index < -0.39 is 0 Å². The Bertz CT molecular complexity index is 651. The molecule has 200 valence electrons. The Kier molecular flexibility index (Phi) is 10.2. The highest BCUT2D eigenvalue weighted by Gasteiger charge is 2.39. The Morgan fingerprint density at radius 3 is 0.914 bits per heavy atom.